The maximum Gasteiger partial charge on any atom is 0.0707 e. The first-order chi connectivity index (χ1) is 9.02. The smallest absolute Gasteiger partial charge is 0.0707 e. The van der Waals surface area contributed by atoms with Crippen molar-refractivity contribution in [2.45, 2.75) is 69.3 Å². The molecule has 0 radical (unpaired) electrons. The van der Waals surface area contributed by atoms with Gasteiger partial charge in [-0.15, -0.1) is 0 Å². The Bertz CT molecular complexity index is 265. The molecule has 4 unspecified atom stereocenters. The van der Waals surface area contributed by atoms with Gasteiger partial charge in [-0.2, -0.15) is 11.8 Å². The summed E-state index contributed by atoms with van der Waals surface area (Å²) in [5.41, 5.74) is 0. The van der Waals surface area contributed by atoms with Crippen molar-refractivity contribution >= 4 is 11.8 Å². The van der Waals surface area contributed by atoms with Crippen LogP contribution in [0.1, 0.15) is 40.5 Å². The van der Waals surface area contributed by atoms with Gasteiger partial charge in [-0.25, -0.2) is 0 Å². The zero-order valence-corrected chi connectivity index (χ0v) is 13.7. The molecule has 0 spiro atoms. The summed E-state index contributed by atoms with van der Waals surface area (Å²) in [6.45, 7) is 13.7. The summed E-state index contributed by atoms with van der Waals surface area (Å²) in [6, 6.07) is 0.559. The van der Waals surface area contributed by atoms with E-state index in [9.17, 15) is 0 Å². The quantitative estimate of drug-likeness (QED) is 0.838. The van der Waals surface area contributed by atoms with Gasteiger partial charge in [0, 0.05) is 42.7 Å². The molecule has 0 aromatic rings. The minimum Gasteiger partial charge on any atom is -0.372 e. The fraction of sp³-hybridized carbons (Fsp3) is 1.00. The maximum atomic E-state index is 6.17. The number of nitrogens with one attached hydrogen (secondary N) is 1. The Hall–Kier alpha value is 0.230. The molecule has 19 heavy (non-hydrogen) atoms. The van der Waals surface area contributed by atoms with E-state index in [1.165, 1.54) is 25.9 Å². The second kappa shape index (κ2) is 7.30. The van der Waals surface area contributed by atoms with Crippen LogP contribution in [0.2, 0.25) is 0 Å². The van der Waals surface area contributed by atoms with E-state index < -0.39 is 0 Å². The van der Waals surface area contributed by atoms with Gasteiger partial charge >= 0.3 is 0 Å². The third-order valence-electron chi connectivity index (χ3n) is 3.91. The van der Waals surface area contributed by atoms with E-state index in [4.69, 9.17) is 4.74 Å². The van der Waals surface area contributed by atoms with Crippen molar-refractivity contribution in [3.05, 3.63) is 0 Å². The Balaban J connectivity index is 1.69. The molecule has 0 aromatic carbocycles. The molecule has 112 valence electrons. The number of ether oxygens (including phenoxy) is 1. The highest BCUT2D eigenvalue weighted by Crippen LogP contribution is 2.27. The summed E-state index contributed by atoms with van der Waals surface area (Å²) in [5.74, 6) is 0. The predicted molar refractivity (Wildman–Crippen MR) is 84.0 cm³/mol. The Morgan fingerprint density at radius 1 is 1.16 bits per heavy atom. The molecule has 0 aromatic heterocycles. The fourth-order valence-corrected chi connectivity index (χ4v) is 4.54. The molecular formula is C15H30N2OS. The summed E-state index contributed by atoms with van der Waals surface area (Å²) < 4.78 is 6.17. The topological polar surface area (TPSA) is 24.5 Å². The van der Waals surface area contributed by atoms with Gasteiger partial charge in [0.05, 0.1) is 12.2 Å². The maximum absolute atomic E-state index is 6.17. The predicted octanol–water partition coefficient (Wildman–Crippen LogP) is 2.36. The van der Waals surface area contributed by atoms with Crippen molar-refractivity contribution in [1.82, 2.24) is 10.2 Å². The molecule has 0 aliphatic carbocycles. The molecule has 2 aliphatic heterocycles. The van der Waals surface area contributed by atoms with E-state index in [2.05, 4.69) is 49.7 Å². The average molecular weight is 286 g/mol. The van der Waals surface area contributed by atoms with Crippen LogP contribution in [0.4, 0.5) is 0 Å². The van der Waals surface area contributed by atoms with Gasteiger partial charge in [-0.1, -0.05) is 27.7 Å². The zero-order chi connectivity index (χ0) is 13.8. The normalized spacial score (nSPS) is 37.1. The minimum absolute atomic E-state index is 0.432. The van der Waals surface area contributed by atoms with Gasteiger partial charge in [-0.3, -0.25) is 4.90 Å². The lowest BCUT2D eigenvalue weighted by atomic mass is 10.1. The minimum atomic E-state index is 0.432. The highest BCUT2D eigenvalue weighted by molar-refractivity contribution is 8.00. The van der Waals surface area contributed by atoms with Crippen LogP contribution in [0.25, 0.3) is 0 Å². The second-order valence-electron chi connectivity index (χ2n) is 6.50. The van der Waals surface area contributed by atoms with Gasteiger partial charge < -0.3 is 10.1 Å². The fourth-order valence-electron chi connectivity index (χ4n) is 3.15. The molecule has 3 nitrogen and oxygen atoms in total. The van der Waals surface area contributed by atoms with Crippen LogP contribution in [0, 0.1) is 0 Å². The number of hydrogen-bond donors (Lipinski definition) is 1. The Labute approximate surface area is 122 Å². The third kappa shape index (κ3) is 5.25. The van der Waals surface area contributed by atoms with E-state index in [1.807, 2.05) is 0 Å². The molecule has 2 saturated heterocycles. The number of thioether (sulfide) groups is 1. The van der Waals surface area contributed by atoms with Crippen LogP contribution in [0.3, 0.4) is 0 Å². The first-order valence-electron chi connectivity index (χ1n) is 7.79. The van der Waals surface area contributed by atoms with Crippen LogP contribution >= 0.6 is 11.8 Å². The molecule has 4 atom stereocenters. The van der Waals surface area contributed by atoms with Crippen molar-refractivity contribution in [3.8, 4) is 0 Å². The van der Waals surface area contributed by atoms with E-state index >= 15 is 0 Å². The van der Waals surface area contributed by atoms with Crippen molar-refractivity contribution in [1.29, 1.82) is 0 Å². The number of hydrogen-bond acceptors (Lipinski definition) is 4. The number of rotatable bonds is 5. The molecule has 0 saturated carbocycles. The van der Waals surface area contributed by atoms with Crippen LogP contribution in [0.5, 0.6) is 0 Å². The SMILES string of the molecule is CC(C)NCC1CCC(CN2CC(C)SC(C)C2)O1. The largest absolute Gasteiger partial charge is 0.372 e. The third-order valence-corrected chi connectivity index (χ3v) is 5.13. The van der Waals surface area contributed by atoms with Crippen molar-refractivity contribution < 1.29 is 4.74 Å². The van der Waals surface area contributed by atoms with E-state index in [1.54, 1.807) is 0 Å². The molecule has 2 fully saturated rings. The second-order valence-corrected chi connectivity index (χ2v) is 8.38. The summed E-state index contributed by atoms with van der Waals surface area (Å²) in [6.07, 6.45) is 3.34. The van der Waals surface area contributed by atoms with Crippen LogP contribution < -0.4 is 5.32 Å². The Morgan fingerprint density at radius 2 is 1.79 bits per heavy atom. The highest BCUT2D eigenvalue weighted by Gasteiger charge is 2.29. The lowest BCUT2D eigenvalue weighted by Crippen LogP contribution is -2.44. The van der Waals surface area contributed by atoms with Crippen LogP contribution in [0.15, 0.2) is 0 Å². The van der Waals surface area contributed by atoms with Crippen molar-refractivity contribution in [2.75, 3.05) is 26.2 Å². The van der Waals surface area contributed by atoms with Crippen molar-refractivity contribution in [3.63, 3.8) is 0 Å². The van der Waals surface area contributed by atoms with E-state index in [-0.39, 0.29) is 0 Å². The lowest BCUT2D eigenvalue weighted by Gasteiger charge is -2.35. The summed E-state index contributed by atoms with van der Waals surface area (Å²) in [4.78, 5) is 2.61. The molecule has 1 N–H and O–H groups in total. The molecule has 0 amide bonds. The van der Waals surface area contributed by atoms with E-state index in [0.717, 1.165) is 23.6 Å². The van der Waals surface area contributed by atoms with Gasteiger partial charge in [0.25, 0.3) is 0 Å². The zero-order valence-electron chi connectivity index (χ0n) is 12.9. The molecule has 2 aliphatic rings. The first kappa shape index (κ1) is 15.6. The van der Waals surface area contributed by atoms with Gasteiger partial charge in [0.1, 0.15) is 0 Å². The molecule has 2 rings (SSSR count). The van der Waals surface area contributed by atoms with Crippen molar-refractivity contribution in [2.24, 2.45) is 0 Å². The molecule has 4 heteroatoms. The summed E-state index contributed by atoms with van der Waals surface area (Å²) in [5, 5.41) is 5.02. The van der Waals surface area contributed by atoms with Gasteiger partial charge in [0.2, 0.25) is 0 Å². The molecule has 2 heterocycles. The number of nitrogens with zero attached hydrogens (tertiary/aromatic N) is 1. The lowest BCUT2D eigenvalue weighted by molar-refractivity contribution is 0.0224. The van der Waals surface area contributed by atoms with E-state index in [0.29, 0.717) is 18.2 Å². The molecular weight excluding hydrogens is 256 g/mol. The summed E-state index contributed by atoms with van der Waals surface area (Å²) in [7, 11) is 0. The monoisotopic (exact) mass is 286 g/mol. The first-order valence-corrected chi connectivity index (χ1v) is 8.74. The molecule has 0 bridgehead atoms. The average Bonchev–Trinajstić information content (AvgIpc) is 2.72. The van der Waals surface area contributed by atoms with Gasteiger partial charge in [-0.05, 0) is 12.8 Å². The van der Waals surface area contributed by atoms with Gasteiger partial charge in [0.15, 0.2) is 0 Å². The Morgan fingerprint density at radius 3 is 2.42 bits per heavy atom. The van der Waals surface area contributed by atoms with Crippen LogP contribution in [-0.4, -0.2) is 59.8 Å². The van der Waals surface area contributed by atoms with Crippen LogP contribution in [-0.2, 0) is 4.74 Å². The standard InChI is InChI=1S/C15H30N2OS/c1-11(2)16-7-14-5-6-15(18-14)10-17-8-12(3)19-13(4)9-17/h11-16H,5-10H2,1-4H3. The summed E-state index contributed by atoms with van der Waals surface area (Å²) >= 11 is 2.12. The highest BCUT2D eigenvalue weighted by atomic mass is 32.2. The Kier molecular flexibility index (Phi) is 6.00.